The van der Waals surface area contributed by atoms with Gasteiger partial charge >= 0.3 is 5.97 Å². The molecular formula is C17H19NO3. The Morgan fingerprint density at radius 1 is 1.10 bits per heavy atom. The van der Waals surface area contributed by atoms with Crippen molar-refractivity contribution in [1.82, 2.24) is 0 Å². The van der Waals surface area contributed by atoms with Crippen LogP contribution in [0.4, 0.5) is 5.69 Å². The molecule has 0 saturated heterocycles. The molecule has 0 unspecified atom stereocenters. The Morgan fingerprint density at radius 3 is 2.24 bits per heavy atom. The average molecular weight is 285 g/mol. The highest BCUT2D eigenvalue weighted by molar-refractivity contribution is 5.97. The second-order valence-corrected chi connectivity index (χ2v) is 6.09. The molecule has 0 aliphatic heterocycles. The zero-order chi connectivity index (χ0) is 15.1. The third-order valence-electron chi connectivity index (χ3n) is 4.78. The maximum Gasteiger partial charge on any atom is 0.307 e. The first-order chi connectivity index (χ1) is 9.99. The molecule has 0 spiro atoms. The van der Waals surface area contributed by atoms with E-state index in [0.717, 1.165) is 23.2 Å². The first-order valence-corrected chi connectivity index (χ1v) is 7.27. The summed E-state index contributed by atoms with van der Waals surface area (Å²) in [6, 6.07) is 5.83. The molecule has 2 aliphatic carbocycles. The third-order valence-corrected chi connectivity index (χ3v) is 4.78. The van der Waals surface area contributed by atoms with E-state index in [1.54, 1.807) is 0 Å². The van der Waals surface area contributed by atoms with Crippen LogP contribution in [-0.4, -0.2) is 17.0 Å². The summed E-state index contributed by atoms with van der Waals surface area (Å²) in [5, 5.41) is 12.4. The summed E-state index contributed by atoms with van der Waals surface area (Å²) in [5.74, 6) is -2.03. The van der Waals surface area contributed by atoms with Gasteiger partial charge in [0.2, 0.25) is 5.91 Å². The van der Waals surface area contributed by atoms with Crippen molar-refractivity contribution in [2.45, 2.75) is 20.3 Å². The lowest BCUT2D eigenvalue weighted by Crippen LogP contribution is -2.36. The van der Waals surface area contributed by atoms with Gasteiger partial charge in [-0.05, 0) is 43.2 Å². The van der Waals surface area contributed by atoms with Gasteiger partial charge in [0.25, 0.3) is 0 Å². The van der Waals surface area contributed by atoms with Gasteiger partial charge < -0.3 is 10.4 Å². The lowest BCUT2D eigenvalue weighted by Gasteiger charge is -2.24. The van der Waals surface area contributed by atoms with Crippen molar-refractivity contribution >= 4 is 17.6 Å². The number of carbonyl (C=O) groups excluding carboxylic acids is 1. The fourth-order valence-corrected chi connectivity index (χ4v) is 3.73. The Hall–Kier alpha value is -2.10. The largest absolute Gasteiger partial charge is 0.481 e. The van der Waals surface area contributed by atoms with Crippen LogP contribution in [0.3, 0.4) is 0 Å². The smallest absolute Gasteiger partial charge is 0.307 e. The number of rotatable bonds is 3. The molecule has 1 fully saturated rings. The minimum absolute atomic E-state index is 0.00113. The first-order valence-electron chi connectivity index (χ1n) is 7.27. The molecule has 0 heterocycles. The summed E-state index contributed by atoms with van der Waals surface area (Å²) < 4.78 is 0. The van der Waals surface area contributed by atoms with Crippen molar-refractivity contribution in [2.75, 3.05) is 5.32 Å². The molecule has 2 aliphatic rings. The van der Waals surface area contributed by atoms with E-state index < -0.39 is 17.8 Å². The number of carboxylic acid groups (broad SMARTS) is 1. The molecule has 0 aromatic heterocycles. The molecule has 4 nitrogen and oxygen atoms in total. The number of hydrogen-bond donors (Lipinski definition) is 2. The van der Waals surface area contributed by atoms with E-state index in [9.17, 15) is 14.7 Å². The highest BCUT2D eigenvalue weighted by Gasteiger charge is 2.51. The van der Waals surface area contributed by atoms with Gasteiger partial charge in [-0.25, -0.2) is 0 Å². The Kier molecular flexibility index (Phi) is 3.32. The van der Waals surface area contributed by atoms with Gasteiger partial charge in [0.1, 0.15) is 0 Å². The Labute approximate surface area is 123 Å². The van der Waals surface area contributed by atoms with Gasteiger partial charge in [-0.2, -0.15) is 0 Å². The van der Waals surface area contributed by atoms with Crippen LogP contribution in [0.2, 0.25) is 0 Å². The highest BCUT2D eigenvalue weighted by atomic mass is 16.4. The van der Waals surface area contributed by atoms with E-state index in [2.05, 4.69) is 5.32 Å². The maximum atomic E-state index is 12.6. The van der Waals surface area contributed by atoms with Crippen molar-refractivity contribution in [3.63, 3.8) is 0 Å². The van der Waals surface area contributed by atoms with Gasteiger partial charge in [-0.1, -0.05) is 30.4 Å². The minimum atomic E-state index is -0.867. The van der Waals surface area contributed by atoms with Crippen LogP contribution in [0.15, 0.2) is 30.4 Å². The van der Waals surface area contributed by atoms with Gasteiger partial charge in [0.15, 0.2) is 0 Å². The third kappa shape index (κ3) is 2.24. The zero-order valence-electron chi connectivity index (χ0n) is 12.2. The van der Waals surface area contributed by atoms with Crippen LogP contribution >= 0.6 is 0 Å². The summed E-state index contributed by atoms with van der Waals surface area (Å²) in [5.41, 5.74) is 2.79. The quantitative estimate of drug-likeness (QED) is 0.839. The number of amides is 1. The summed E-state index contributed by atoms with van der Waals surface area (Å²) in [7, 11) is 0. The number of aliphatic carboxylic acids is 1. The topological polar surface area (TPSA) is 66.4 Å². The molecule has 0 radical (unpaired) electrons. The van der Waals surface area contributed by atoms with Crippen LogP contribution in [0.1, 0.15) is 17.5 Å². The summed E-state index contributed by atoms with van der Waals surface area (Å²) in [4.78, 5) is 24.1. The van der Waals surface area contributed by atoms with E-state index >= 15 is 0 Å². The van der Waals surface area contributed by atoms with Crippen molar-refractivity contribution in [1.29, 1.82) is 0 Å². The van der Waals surface area contributed by atoms with Gasteiger partial charge in [0.05, 0.1) is 11.8 Å². The fourth-order valence-electron chi connectivity index (χ4n) is 3.73. The van der Waals surface area contributed by atoms with Crippen molar-refractivity contribution in [3.8, 4) is 0 Å². The SMILES string of the molecule is Cc1cccc(C)c1NC(=O)[C@H]1[C@@H](C(=O)O)[C@@H]2C=C[C@H]1C2. The van der Waals surface area contributed by atoms with Crippen LogP contribution in [-0.2, 0) is 9.59 Å². The number of fused-ring (bicyclic) bond motifs is 2. The van der Waals surface area contributed by atoms with E-state index in [0.29, 0.717) is 0 Å². The number of para-hydroxylation sites is 1. The molecule has 1 aromatic carbocycles. The zero-order valence-corrected chi connectivity index (χ0v) is 12.2. The van der Waals surface area contributed by atoms with E-state index in [1.165, 1.54) is 0 Å². The molecule has 4 heteroatoms. The number of hydrogen-bond acceptors (Lipinski definition) is 2. The van der Waals surface area contributed by atoms with Crippen LogP contribution in [0.5, 0.6) is 0 Å². The summed E-state index contributed by atoms with van der Waals surface area (Å²) >= 11 is 0. The Morgan fingerprint density at radius 2 is 1.67 bits per heavy atom. The molecule has 1 saturated carbocycles. The lowest BCUT2D eigenvalue weighted by atomic mass is 9.82. The molecular weight excluding hydrogens is 266 g/mol. The molecule has 1 aromatic rings. The number of nitrogens with one attached hydrogen (secondary N) is 1. The van der Waals surface area contributed by atoms with Gasteiger partial charge in [-0.15, -0.1) is 0 Å². The molecule has 3 rings (SSSR count). The van der Waals surface area contributed by atoms with Crippen LogP contribution < -0.4 is 5.32 Å². The molecule has 4 atom stereocenters. The number of carbonyl (C=O) groups is 2. The average Bonchev–Trinajstić information content (AvgIpc) is 3.03. The maximum absolute atomic E-state index is 12.6. The lowest BCUT2D eigenvalue weighted by molar-refractivity contribution is -0.146. The normalized spacial score (nSPS) is 29.6. The van der Waals surface area contributed by atoms with E-state index in [1.807, 2.05) is 44.2 Å². The van der Waals surface area contributed by atoms with Crippen LogP contribution in [0.25, 0.3) is 0 Å². The summed E-state index contributed by atoms with van der Waals surface area (Å²) in [6.07, 6.45) is 4.73. The predicted octanol–water partition coefficient (Wildman–Crippen LogP) is 2.76. The summed E-state index contributed by atoms with van der Waals surface area (Å²) in [6.45, 7) is 3.88. The first kappa shape index (κ1) is 13.9. The monoisotopic (exact) mass is 285 g/mol. The molecule has 2 N–H and O–H groups in total. The Bertz CT molecular complexity index is 615. The molecule has 21 heavy (non-hydrogen) atoms. The van der Waals surface area contributed by atoms with Crippen molar-refractivity contribution < 1.29 is 14.7 Å². The Balaban J connectivity index is 1.85. The highest BCUT2D eigenvalue weighted by Crippen LogP contribution is 2.48. The predicted molar refractivity (Wildman–Crippen MR) is 79.9 cm³/mol. The molecule has 110 valence electrons. The number of carboxylic acids is 1. The van der Waals surface area contributed by atoms with Gasteiger partial charge in [0, 0.05) is 5.69 Å². The second kappa shape index (κ2) is 5.02. The van der Waals surface area contributed by atoms with Crippen molar-refractivity contribution in [2.24, 2.45) is 23.7 Å². The minimum Gasteiger partial charge on any atom is -0.481 e. The van der Waals surface area contributed by atoms with E-state index in [-0.39, 0.29) is 17.7 Å². The van der Waals surface area contributed by atoms with Gasteiger partial charge in [-0.3, -0.25) is 9.59 Å². The molecule has 2 bridgehead atoms. The fraction of sp³-hybridized carbons (Fsp3) is 0.412. The van der Waals surface area contributed by atoms with E-state index in [4.69, 9.17) is 0 Å². The van der Waals surface area contributed by atoms with Crippen LogP contribution in [0, 0.1) is 37.5 Å². The number of anilines is 1. The number of benzene rings is 1. The number of allylic oxidation sites excluding steroid dienone is 2. The number of aryl methyl sites for hydroxylation is 2. The standard InChI is InChI=1S/C17H19NO3/c1-9-4-3-5-10(2)15(9)18-16(19)13-11-6-7-12(8-11)14(13)17(20)21/h3-7,11-14H,8H2,1-2H3,(H,18,19)(H,20,21)/t11-,12+,13+,14-/m0/s1. The second-order valence-electron chi connectivity index (χ2n) is 6.09. The van der Waals surface area contributed by atoms with Crippen molar-refractivity contribution in [3.05, 3.63) is 41.5 Å². The molecule has 1 amide bonds.